The Hall–Kier alpha value is -2.29. The van der Waals surface area contributed by atoms with Crippen LogP contribution in [-0.2, 0) is 4.79 Å². The van der Waals surface area contributed by atoms with Crippen molar-refractivity contribution in [3.63, 3.8) is 0 Å². The fraction of sp³-hybridized carbons (Fsp3) is 0.435. The SMILES string of the molecule is Cc1ccc(C(C)C)c(OCC(=O)NC(C)c2cc(C)c(C)cc2C)c1. The summed E-state index contributed by atoms with van der Waals surface area (Å²) < 4.78 is 5.84. The summed E-state index contributed by atoms with van der Waals surface area (Å²) in [5, 5.41) is 3.05. The summed E-state index contributed by atoms with van der Waals surface area (Å²) in [4.78, 5) is 12.4. The van der Waals surface area contributed by atoms with Crippen LogP contribution in [0.15, 0.2) is 30.3 Å². The van der Waals surface area contributed by atoms with Crippen molar-refractivity contribution < 1.29 is 9.53 Å². The summed E-state index contributed by atoms with van der Waals surface area (Å²) in [6.07, 6.45) is 0. The summed E-state index contributed by atoms with van der Waals surface area (Å²) in [7, 11) is 0. The fourth-order valence-corrected chi connectivity index (χ4v) is 3.20. The first kappa shape index (κ1) is 20.0. The molecule has 0 saturated carbocycles. The molecule has 2 aromatic rings. The zero-order chi connectivity index (χ0) is 19.4. The van der Waals surface area contributed by atoms with Gasteiger partial charge in [0.1, 0.15) is 5.75 Å². The number of ether oxygens (including phenoxy) is 1. The van der Waals surface area contributed by atoms with E-state index in [0.29, 0.717) is 5.92 Å². The Morgan fingerprint density at radius 3 is 2.23 bits per heavy atom. The van der Waals surface area contributed by atoms with Gasteiger partial charge >= 0.3 is 0 Å². The molecular formula is C23H31NO2. The molecule has 3 nitrogen and oxygen atoms in total. The van der Waals surface area contributed by atoms with E-state index in [9.17, 15) is 4.79 Å². The molecule has 0 saturated heterocycles. The van der Waals surface area contributed by atoms with Gasteiger partial charge < -0.3 is 10.1 Å². The quantitative estimate of drug-likeness (QED) is 0.765. The smallest absolute Gasteiger partial charge is 0.258 e. The molecule has 0 aromatic heterocycles. The molecule has 0 fully saturated rings. The topological polar surface area (TPSA) is 38.3 Å². The highest BCUT2D eigenvalue weighted by molar-refractivity contribution is 5.78. The lowest BCUT2D eigenvalue weighted by atomic mass is 9.96. The summed E-state index contributed by atoms with van der Waals surface area (Å²) in [6, 6.07) is 10.4. The second-order valence-electron chi connectivity index (χ2n) is 7.57. The third-order valence-corrected chi connectivity index (χ3v) is 4.88. The first-order valence-electron chi connectivity index (χ1n) is 9.29. The number of aryl methyl sites for hydroxylation is 4. The van der Waals surface area contributed by atoms with E-state index in [-0.39, 0.29) is 18.6 Å². The number of benzene rings is 2. The molecule has 0 heterocycles. The molecule has 0 spiro atoms. The van der Waals surface area contributed by atoms with E-state index < -0.39 is 0 Å². The average molecular weight is 354 g/mol. The lowest BCUT2D eigenvalue weighted by Gasteiger charge is -2.19. The van der Waals surface area contributed by atoms with Gasteiger partial charge in [-0.1, -0.05) is 38.1 Å². The van der Waals surface area contributed by atoms with Gasteiger partial charge in [0.2, 0.25) is 0 Å². The molecule has 0 aliphatic carbocycles. The van der Waals surface area contributed by atoms with Crippen molar-refractivity contribution in [2.75, 3.05) is 6.61 Å². The molecule has 1 N–H and O–H groups in total. The number of hydrogen-bond acceptors (Lipinski definition) is 2. The highest BCUT2D eigenvalue weighted by Crippen LogP contribution is 2.27. The molecule has 0 radical (unpaired) electrons. The maximum Gasteiger partial charge on any atom is 0.258 e. The number of carbonyl (C=O) groups is 1. The number of carbonyl (C=O) groups excluding carboxylic acids is 1. The van der Waals surface area contributed by atoms with Crippen LogP contribution in [0, 0.1) is 27.7 Å². The van der Waals surface area contributed by atoms with Crippen molar-refractivity contribution in [3.05, 3.63) is 63.7 Å². The largest absolute Gasteiger partial charge is 0.483 e. The summed E-state index contributed by atoms with van der Waals surface area (Å²) >= 11 is 0. The zero-order valence-corrected chi connectivity index (χ0v) is 17.1. The van der Waals surface area contributed by atoms with Crippen LogP contribution >= 0.6 is 0 Å². The normalized spacial score (nSPS) is 12.2. The Bertz CT molecular complexity index is 793. The monoisotopic (exact) mass is 353 g/mol. The van der Waals surface area contributed by atoms with Gasteiger partial charge in [-0.3, -0.25) is 4.79 Å². The van der Waals surface area contributed by atoms with E-state index in [1.807, 2.05) is 19.9 Å². The van der Waals surface area contributed by atoms with Crippen LogP contribution in [0.5, 0.6) is 5.75 Å². The van der Waals surface area contributed by atoms with E-state index >= 15 is 0 Å². The molecule has 2 rings (SSSR count). The molecule has 1 atom stereocenters. The van der Waals surface area contributed by atoms with Crippen molar-refractivity contribution >= 4 is 5.91 Å². The minimum Gasteiger partial charge on any atom is -0.483 e. The van der Waals surface area contributed by atoms with Gasteiger partial charge in [-0.25, -0.2) is 0 Å². The Morgan fingerprint density at radius 2 is 1.58 bits per heavy atom. The molecule has 0 aliphatic rings. The van der Waals surface area contributed by atoms with E-state index in [0.717, 1.165) is 22.4 Å². The second-order valence-corrected chi connectivity index (χ2v) is 7.57. The minimum atomic E-state index is -0.105. The van der Waals surface area contributed by atoms with Crippen molar-refractivity contribution in [1.29, 1.82) is 0 Å². The number of hydrogen-bond donors (Lipinski definition) is 1. The van der Waals surface area contributed by atoms with E-state index in [1.165, 1.54) is 16.7 Å². The Balaban J connectivity index is 2.04. The summed E-state index contributed by atoms with van der Waals surface area (Å²) in [5.41, 5.74) is 7.12. The first-order chi connectivity index (χ1) is 12.2. The van der Waals surface area contributed by atoms with Gasteiger partial charge in [0.05, 0.1) is 6.04 Å². The average Bonchev–Trinajstić information content (AvgIpc) is 2.55. The Kier molecular flexibility index (Phi) is 6.47. The molecule has 26 heavy (non-hydrogen) atoms. The van der Waals surface area contributed by atoms with E-state index in [2.05, 4.69) is 64.2 Å². The molecule has 3 heteroatoms. The fourth-order valence-electron chi connectivity index (χ4n) is 3.20. The lowest BCUT2D eigenvalue weighted by Crippen LogP contribution is -2.31. The van der Waals surface area contributed by atoms with Gasteiger partial charge in [-0.05, 0) is 80.0 Å². The molecule has 0 bridgehead atoms. The van der Waals surface area contributed by atoms with Crippen LogP contribution in [0.3, 0.4) is 0 Å². The minimum absolute atomic E-state index is 0.0252. The van der Waals surface area contributed by atoms with Crippen LogP contribution < -0.4 is 10.1 Å². The van der Waals surface area contributed by atoms with E-state index in [4.69, 9.17) is 4.74 Å². The van der Waals surface area contributed by atoms with Crippen molar-refractivity contribution in [2.24, 2.45) is 0 Å². The maximum atomic E-state index is 12.4. The van der Waals surface area contributed by atoms with Crippen LogP contribution in [-0.4, -0.2) is 12.5 Å². The van der Waals surface area contributed by atoms with Crippen LogP contribution in [0.1, 0.15) is 66.1 Å². The number of rotatable bonds is 6. The Morgan fingerprint density at radius 1 is 0.923 bits per heavy atom. The molecular weight excluding hydrogens is 322 g/mol. The summed E-state index contributed by atoms with van der Waals surface area (Å²) in [5.74, 6) is 1.04. The first-order valence-corrected chi connectivity index (χ1v) is 9.29. The summed E-state index contributed by atoms with van der Waals surface area (Å²) in [6.45, 7) is 14.6. The van der Waals surface area contributed by atoms with Crippen LogP contribution in [0.2, 0.25) is 0 Å². The highest BCUT2D eigenvalue weighted by Gasteiger charge is 2.15. The van der Waals surface area contributed by atoms with Crippen LogP contribution in [0.4, 0.5) is 0 Å². The van der Waals surface area contributed by atoms with Gasteiger partial charge in [0.25, 0.3) is 5.91 Å². The lowest BCUT2D eigenvalue weighted by molar-refractivity contribution is -0.123. The van der Waals surface area contributed by atoms with Gasteiger partial charge in [-0.15, -0.1) is 0 Å². The van der Waals surface area contributed by atoms with Gasteiger partial charge in [0, 0.05) is 0 Å². The van der Waals surface area contributed by atoms with Crippen LogP contribution in [0.25, 0.3) is 0 Å². The number of amides is 1. The molecule has 2 aromatic carbocycles. The van der Waals surface area contributed by atoms with Crippen molar-refractivity contribution in [3.8, 4) is 5.75 Å². The molecule has 0 aliphatic heterocycles. The van der Waals surface area contributed by atoms with Crippen molar-refractivity contribution in [1.82, 2.24) is 5.32 Å². The molecule has 1 unspecified atom stereocenters. The zero-order valence-electron chi connectivity index (χ0n) is 17.1. The third kappa shape index (κ3) is 4.87. The third-order valence-electron chi connectivity index (χ3n) is 4.88. The van der Waals surface area contributed by atoms with Crippen molar-refractivity contribution in [2.45, 2.75) is 60.4 Å². The number of nitrogens with one attached hydrogen (secondary N) is 1. The maximum absolute atomic E-state index is 12.4. The van der Waals surface area contributed by atoms with Gasteiger partial charge in [-0.2, -0.15) is 0 Å². The standard InChI is InChI=1S/C23H31NO2/c1-14(2)20-9-8-15(3)10-22(20)26-13-23(25)24-19(7)21-12-17(5)16(4)11-18(21)6/h8-12,14,19H,13H2,1-7H3,(H,24,25). The highest BCUT2D eigenvalue weighted by atomic mass is 16.5. The Labute approximate surface area is 157 Å². The second kappa shape index (κ2) is 8.39. The van der Waals surface area contributed by atoms with Gasteiger partial charge in [0.15, 0.2) is 6.61 Å². The predicted molar refractivity (Wildman–Crippen MR) is 108 cm³/mol. The molecule has 1 amide bonds. The predicted octanol–water partition coefficient (Wildman–Crippen LogP) is 5.30. The molecule has 140 valence electrons. The van der Waals surface area contributed by atoms with E-state index in [1.54, 1.807) is 0 Å².